The van der Waals surface area contributed by atoms with E-state index in [-0.39, 0.29) is 0 Å². The molecule has 1 aliphatic carbocycles. The lowest BCUT2D eigenvalue weighted by atomic mass is 9.85. The van der Waals surface area contributed by atoms with Crippen LogP contribution in [0.3, 0.4) is 0 Å². The van der Waals surface area contributed by atoms with Gasteiger partial charge in [-0.25, -0.2) is 0 Å². The summed E-state index contributed by atoms with van der Waals surface area (Å²) < 4.78 is 5.71. The highest BCUT2D eigenvalue weighted by molar-refractivity contribution is 5.34. The molecule has 0 spiro atoms. The predicted molar refractivity (Wildman–Crippen MR) is 80.7 cm³/mol. The van der Waals surface area contributed by atoms with Gasteiger partial charge in [0.1, 0.15) is 5.75 Å². The Hall–Kier alpha value is -1.53. The molecule has 0 bridgehead atoms. The highest BCUT2D eigenvalue weighted by atomic mass is 16.5. The third kappa shape index (κ3) is 4.54. The summed E-state index contributed by atoms with van der Waals surface area (Å²) in [5.41, 5.74) is 0.676. The topological polar surface area (TPSA) is 36.3 Å². The van der Waals surface area contributed by atoms with E-state index in [1.165, 1.54) is 25.8 Å². The van der Waals surface area contributed by atoms with Gasteiger partial charge in [0, 0.05) is 13.1 Å². The third-order valence-corrected chi connectivity index (χ3v) is 4.06. The van der Waals surface area contributed by atoms with Crippen molar-refractivity contribution in [3.63, 3.8) is 0 Å². The first kappa shape index (κ1) is 14.9. The summed E-state index contributed by atoms with van der Waals surface area (Å²) in [6.45, 7) is 6.48. The van der Waals surface area contributed by atoms with Crippen LogP contribution in [0.2, 0.25) is 0 Å². The number of hydrogen-bond acceptors (Lipinski definition) is 3. The molecule has 1 aromatic carbocycles. The van der Waals surface area contributed by atoms with Crippen LogP contribution >= 0.6 is 0 Å². The summed E-state index contributed by atoms with van der Waals surface area (Å²) in [5, 5.41) is 8.73. The molecule has 0 saturated heterocycles. The molecule has 1 aromatic rings. The lowest BCUT2D eigenvalue weighted by molar-refractivity contribution is 0.172. The van der Waals surface area contributed by atoms with Gasteiger partial charge in [0.2, 0.25) is 0 Å². The molecule has 1 aliphatic rings. The Morgan fingerprint density at radius 2 is 2.05 bits per heavy atom. The zero-order valence-electron chi connectivity index (χ0n) is 12.3. The Morgan fingerprint density at radius 1 is 1.30 bits per heavy atom. The Kier molecular flexibility index (Phi) is 5.88. The summed E-state index contributed by atoms with van der Waals surface area (Å²) >= 11 is 0. The van der Waals surface area contributed by atoms with Crippen molar-refractivity contribution in [3.8, 4) is 11.8 Å². The van der Waals surface area contributed by atoms with Crippen LogP contribution in [0.4, 0.5) is 0 Å². The smallest absolute Gasteiger partial charge is 0.119 e. The lowest BCUT2D eigenvalue weighted by Gasteiger charge is -2.31. The molecule has 0 aromatic heterocycles. The summed E-state index contributed by atoms with van der Waals surface area (Å²) in [6, 6.07) is 9.43. The molecule has 0 radical (unpaired) electrons. The fraction of sp³-hybridized carbons (Fsp3) is 0.588. The minimum Gasteiger partial charge on any atom is -0.494 e. The largest absolute Gasteiger partial charge is 0.494 e. The quantitative estimate of drug-likeness (QED) is 0.680. The first-order chi connectivity index (χ1) is 9.81. The van der Waals surface area contributed by atoms with Crippen molar-refractivity contribution in [1.29, 1.82) is 5.26 Å². The molecule has 3 heteroatoms. The van der Waals surface area contributed by atoms with Gasteiger partial charge in [-0.05, 0) is 56.0 Å². The average Bonchev–Trinajstić information content (AvgIpc) is 2.45. The molecule has 0 aliphatic heterocycles. The molecule has 0 heterocycles. The van der Waals surface area contributed by atoms with Crippen LogP contribution in [0.5, 0.6) is 5.75 Å². The Labute approximate surface area is 122 Å². The van der Waals surface area contributed by atoms with Crippen molar-refractivity contribution in [3.05, 3.63) is 29.8 Å². The normalized spacial score (nSPS) is 14.8. The maximum atomic E-state index is 8.73. The highest BCUT2D eigenvalue weighted by Crippen LogP contribution is 2.27. The zero-order chi connectivity index (χ0) is 14.2. The van der Waals surface area contributed by atoms with Gasteiger partial charge >= 0.3 is 0 Å². The monoisotopic (exact) mass is 272 g/mol. The van der Waals surface area contributed by atoms with Crippen molar-refractivity contribution in [1.82, 2.24) is 4.90 Å². The van der Waals surface area contributed by atoms with Crippen molar-refractivity contribution in [2.75, 3.05) is 26.2 Å². The average molecular weight is 272 g/mol. The van der Waals surface area contributed by atoms with Gasteiger partial charge in [-0.2, -0.15) is 5.26 Å². The number of rotatable bonds is 8. The van der Waals surface area contributed by atoms with Gasteiger partial charge in [0.25, 0.3) is 0 Å². The number of nitrogens with zero attached hydrogens (tertiary/aromatic N) is 2. The number of nitriles is 1. The van der Waals surface area contributed by atoms with Gasteiger partial charge in [-0.3, -0.25) is 0 Å². The fourth-order valence-electron chi connectivity index (χ4n) is 2.52. The van der Waals surface area contributed by atoms with Crippen LogP contribution in [0.1, 0.15) is 38.2 Å². The molecule has 0 atom stereocenters. The summed E-state index contributed by atoms with van der Waals surface area (Å²) in [4.78, 5) is 2.53. The van der Waals surface area contributed by atoms with Crippen molar-refractivity contribution in [2.45, 2.75) is 32.6 Å². The van der Waals surface area contributed by atoms with E-state index in [2.05, 4.69) is 17.9 Å². The maximum absolute atomic E-state index is 8.73. The molecule has 0 amide bonds. The van der Waals surface area contributed by atoms with Crippen LogP contribution in [0.25, 0.3) is 0 Å². The molecule has 20 heavy (non-hydrogen) atoms. The minimum absolute atomic E-state index is 0.676. The van der Waals surface area contributed by atoms with Crippen molar-refractivity contribution < 1.29 is 4.74 Å². The zero-order valence-corrected chi connectivity index (χ0v) is 12.3. The number of hydrogen-bond donors (Lipinski definition) is 0. The van der Waals surface area contributed by atoms with E-state index in [0.717, 1.165) is 37.8 Å². The van der Waals surface area contributed by atoms with Gasteiger partial charge in [-0.15, -0.1) is 0 Å². The van der Waals surface area contributed by atoms with Crippen molar-refractivity contribution >= 4 is 0 Å². The molecule has 1 saturated carbocycles. The minimum atomic E-state index is 0.676. The standard InChI is InChI=1S/C17H24N2O/c1-2-19(14-16-5-3-6-16)11-4-12-20-17-9-7-15(13-18)8-10-17/h7-10,16H,2-6,11-12,14H2,1H3. The molecular weight excluding hydrogens is 248 g/mol. The third-order valence-electron chi connectivity index (χ3n) is 4.06. The molecule has 0 unspecified atom stereocenters. The van der Waals surface area contributed by atoms with E-state index in [4.69, 9.17) is 10.00 Å². The van der Waals surface area contributed by atoms with Gasteiger partial charge < -0.3 is 9.64 Å². The highest BCUT2D eigenvalue weighted by Gasteiger charge is 2.19. The Balaban J connectivity index is 1.62. The van der Waals surface area contributed by atoms with Crippen LogP contribution in [-0.4, -0.2) is 31.1 Å². The first-order valence-electron chi connectivity index (χ1n) is 7.67. The number of benzene rings is 1. The molecule has 108 valence electrons. The SMILES string of the molecule is CCN(CCCOc1ccc(C#N)cc1)CC1CCC1. The van der Waals surface area contributed by atoms with E-state index in [1.54, 1.807) is 12.1 Å². The fourth-order valence-corrected chi connectivity index (χ4v) is 2.52. The summed E-state index contributed by atoms with van der Waals surface area (Å²) in [6.07, 6.45) is 5.31. The van der Waals surface area contributed by atoms with Gasteiger partial charge in [-0.1, -0.05) is 13.3 Å². The van der Waals surface area contributed by atoms with E-state index in [1.807, 2.05) is 12.1 Å². The Bertz CT molecular complexity index is 431. The molecule has 3 nitrogen and oxygen atoms in total. The lowest BCUT2D eigenvalue weighted by Crippen LogP contribution is -2.33. The second-order valence-corrected chi connectivity index (χ2v) is 5.53. The van der Waals surface area contributed by atoms with Crippen molar-refractivity contribution in [2.24, 2.45) is 5.92 Å². The van der Waals surface area contributed by atoms with E-state index in [9.17, 15) is 0 Å². The second-order valence-electron chi connectivity index (χ2n) is 5.53. The number of ether oxygens (including phenoxy) is 1. The van der Waals surface area contributed by atoms with Gasteiger partial charge in [0.05, 0.1) is 18.2 Å². The maximum Gasteiger partial charge on any atom is 0.119 e. The van der Waals surface area contributed by atoms with Crippen LogP contribution < -0.4 is 4.74 Å². The molecule has 1 fully saturated rings. The molecule has 2 rings (SSSR count). The van der Waals surface area contributed by atoms with E-state index >= 15 is 0 Å². The summed E-state index contributed by atoms with van der Waals surface area (Å²) in [5.74, 6) is 1.79. The van der Waals surface area contributed by atoms with E-state index in [0.29, 0.717) is 5.56 Å². The van der Waals surface area contributed by atoms with Gasteiger partial charge in [0.15, 0.2) is 0 Å². The van der Waals surface area contributed by atoms with Crippen LogP contribution in [-0.2, 0) is 0 Å². The second kappa shape index (κ2) is 7.91. The first-order valence-corrected chi connectivity index (χ1v) is 7.67. The van der Waals surface area contributed by atoms with Crippen LogP contribution in [0.15, 0.2) is 24.3 Å². The molecular formula is C17H24N2O. The van der Waals surface area contributed by atoms with E-state index < -0.39 is 0 Å². The summed E-state index contributed by atoms with van der Waals surface area (Å²) in [7, 11) is 0. The molecule has 0 N–H and O–H groups in total. The Morgan fingerprint density at radius 3 is 2.60 bits per heavy atom. The predicted octanol–water partition coefficient (Wildman–Crippen LogP) is 3.45. The van der Waals surface area contributed by atoms with Crippen LogP contribution in [0, 0.1) is 17.2 Å².